The van der Waals surface area contributed by atoms with Crippen molar-refractivity contribution in [3.8, 4) is 11.3 Å². The minimum Gasteiger partial charge on any atom is -0.383 e. The standard InChI is InChI=1S/C16H22N4O3S/c1-23-12-15-8-5-9-20(15)24(21,22)18-11-14-10-17-19-16(14)13-6-3-2-4-7-13/h2-4,6-7,10,15,18H,5,8-9,11-12H2,1H3,(H,17,19). The Bertz CT molecular complexity index is 761. The molecule has 8 heteroatoms. The Morgan fingerprint density at radius 3 is 2.92 bits per heavy atom. The Hall–Kier alpha value is -1.74. The lowest BCUT2D eigenvalue weighted by atomic mass is 10.1. The van der Waals surface area contributed by atoms with Gasteiger partial charge in [0.15, 0.2) is 0 Å². The van der Waals surface area contributed by atoms with Crippen LogP contribution in [0.1, 0.15) is 18.4 Å². The molecule has 1 aliphatic heterocycles. The molecule has 1 aliphatic rings. The molecule has 1 atom stereocenters. The van der Waals surface area contributed by atoms with Crippen molar-refractivity contribution in [3.05, 3.63) is 42.1 Å². The molecule has 1 fully saturated rings. The van der Waals surface area contributed by atoms with Crippen molar-refractivity contribution in [3.63, 3.8) is 0 Å². The highest BCUT2D eigenvalue weighted by molar-refractivity contribution is 7.87. The van der Waals surface area contributed by atoms with E-state index < -0.39 is 10.2 Å². The van der Waals surface area contributed by atoms with E-state index >= 15 is 0 Å². The summed E-state index contributed by atoms with van der Waals surface area (Å²) in [6.45, 7) is 1.14. The van der Waals surface area contributed by atoms with Crippen molar-refractivity contribution >= 4 is 10.2 Å². The van der Waals surface area contributed by atoms with Crippen LogP contribution < -0.4 is 4.72 Å². The number of aromatic amines is 1. The number of nitrogens with one attached hydrogen (secondary N) is 2. The summed E-state index contributed by atoms with van der Waals surface area (Å²) >= 11 is 0. The quantitative estimate of drug-likeness (QED) is 0.793. The summed E-state index contributed by atoms with van der Waals surface area (Å²) in [5.74, 6) is 0. The van der Waals surface area contributed by atoms with E-state index in [4.69, 9.17) is 4.74 Å². The van der Waals surface area contributed by atoms with E-state index in [1.165, 1.54) is 4.31 Å². The second-order valence-corrected chi connectivity index (χ2v) is 7.53. The second-order valence-electron chi connectivity index (χ2n) is 5.82. The van der Waals surface area contributed by atoms with E-state index in [-0.39, 0.29) is 12.6 Å². The highest BCUT2D eigenvalue weighted by atomic mass is 32.2. The van der Waals surface area contributed by atoms with Gasteiger partial charge in [-0.2, -0.15) is 22.5 Å². The van der Waals surface area contributed by atoms with Gasteiger partial charge in [-0.15, -0.1) is 0 Å². The number of benzene rings is 1. The lowest BCUT2D eigenvalue weighted by Crippen LogP contribution is -2.44. The van der Waals surface area contributed by atoms with Crippen LogP contribution in [0.4, 0.5) is 0 Å². The Balaban J connectivity index is 1.71. The third-order valence-corrected chi connectivity index (χ3v) is 5.82. The van der Waals surface area contributed by atoms with E-state index in [1.54, 1.807) is 13.3 Å². The van der Waals surface area contributed by atoms with Crippen LogP contribution in [0.5, 0.6) is 0 Å². The molecule has 2 heterocycles. The van der Waals surface area contributed by atoms with Crippen LogP contribution in [0, 0.1) is 0 Å². The molecule has 7 nitrogen and oxygen atoms in total. The van der Waals surface area contributed by atoms with Crippen molar-refractivity contribution < 1.29 is 13.2 Å². The van der Waals surface area contributed by atoms with Crippen LogP contribution >= 0.6 is 0 Å². The van der Waals surface area contributed by atoms with Crippen molar-refractivity contribution in [2.75, 3.05) is 20.3 Å². The van der Waals surface area contributed by atoms with Gasteiger partial charge in [0.1, 0.15) is 0 Å². The Morgan fingerprint density at radius 2 is 2.17 bits per heavy atom. The molecule has 1 saturated heterocycles. The normalized spacial score (nSPS) is 19.0. The third-order valence-electron chi connectivity index (χ3n) is 4.22. The molecule has 0 amide bonds. The first-order valence-electron chi connectivity index (χ1n) is 7.95. The average Bonchev–Trinajstić information content (AvgIpc) is 3.23. The predicted octanol–water partition coefficient (Wildman–Crippen LogP) is 1.52. The minimum absolute atomic E-state index is 0.0922. The van der Waals surface area contributed by atoms with Gasteiger partial charge < -0.3 is 4.74 Å². The van der Waals surface area contributed by atoms with Gasteiger partial charge in [0.25, 0.3) is 10.2 Å². The molecule has 1 unspecified atom stereocenters. The maximum atomic E-state index is 12.6. The number of hydrogen-bond donors (Lipinski definition) is 2. The van der Waals surface area contributed by atoms with Gasteiger partial charge in [0, 0.05) is 31.8 Å². The van der Waals surface area contributed by atoms with Gasteiger partial charge >= 0.3 is 0 Å². The summed E-state index contributed by atoms with van der Waals surface area (Å²) in [5, 5.41) is 6.99. The summed E-state index contributed by atoms with van der Waals surface area (Å²) in [6, 6.07) is 9.63. The van der Waals surface area contributed by atoms with Crippen LogP contribution in [0.3, 0.4) is 0 Å². The molecule has 0 saturated carbocycles. The fourth-order valence-corrected chi connectivity index (χ4v) is 4.47. The Kier molecular flexibility index (Phi) is 5.30. The zero-order chi connectivity index (χ0) is 17.0. The minimum atomic E-state index is -3.54. The predicted molar refractivity (Wildman–Crippen MR) is 91.4 cm³/mol. The zero-order valence-electron chi connectivity index (χ0n) is 13.6. The number of nitrogens with zero attached hydrogens (tertiary/aromatic N) is 2. The fourth-order valence-electron chi connectivity index (χ4n) is 3.04. The van der Waals surface area contributed by atoms with Crippen LogP contribution in [-0.2, 0) is 21.5 Å². The molecule has 3 rings (SSSR count). The monoisotopic (exact) mass is 350 g/mol. The number of aromatic nitrogens is 2. The molecule has 0 spiro atoms. The van der Waals surface area contributed by atoms with E-state index in [2.05, 4.69) is 14.9 Å². The van der Waals surface area contributed by atoms with Crippen molar-refractivity contribution in [1.82, 2.24) is 19.2 Å². The largest absolute Gasteiger partial charge is 0.383 e. The first kappa shape index (κ1) is 17.1. The van der Waals surface area contributed by atoms with E-state index in [0.717, 1.165) is 29.7 Å². The first-order valence-corrected chi connectivity index (χ1v) is 9.39. The number of ether oxygens (including phenoxy) is 1. The van der Waals surface area contributed by atoms with Gasteiger partial charge in [-0.05, 0) is 18.4 Å². The molecule has 0 radical (unpaired) electrons. The molecule has 2 N–H and O–H groups in total. The van der Waals surface area contributed by atoms with Gasteiger partial charge in [-0.3, -0.25) is 5.10 Å². The van der Waals surface area contributed by atoms with E-state index in [9.17, 15) is 8.42 Å². The van der Waals surface area contributed by atoms with Crippen LogP contribution in [0.25, 0.3) is 11.3 Å². The van der Waals surface area contributed by atoms with E-state index in [0.29, 0.717) is 13.2 Å². The molecule has 130 valence electrons. The van der Waals surface area contributed by atoms with Crippen LogP contribution in [0.15, 0.2) is 36.5 Å². The van der Waals surface area contributed by atoms with Gasteiger partial charge in [0.05, 0.1) is 18.5 Å². The fraction of sp³-hybridized carbons (Fsp3) is 0.438. The number of hydrogen-bond acceptors (Lipinski definition) is 4. The van der Waals surface area contributed by atoms with Crippen LogP contribution in [-0.4, -0.2) is 49.2 Å². The van der Waals surface area contributed by atoms with Crippen molar-refractivity contribution in [2.24, 2.45) is 0 Å². The molecular formula is C16H22N4O3S. The second kappa shape index (κ2) is 7.43. The summed E-state index contributed by atoms with van der Waals surface area (Å²) < 4.78 is 34.5. The molecular weight excluding hydrogens is 328 g/mol. The SMILES string of the molecule is COCC1CCCN1S(=O)(=O)NCc1cn[nH]c1-c1ccccc1. The molecule has 0 aliphatic carbocycles. The average molecular weight is 350 g/mol. The molecule has 2 aromatic rings. The van der Waals surface area contributed by atoms with Gasteiger partial charge in [-0.25, -0.2) is 0 Å². The van der Waals surface area contributed by atoms with Gasteiger partial charge in [0.2, 0.25) is 0 Å². The molecule has 1 aromatic carbocycles. The van der Waals surface area contributed by atoms with Crippen molar-refractivity contribution in [1.29, 1.82) is 0 Å². The summed E-state index contributed by atoms with van der Waals surface area (Å²) in [4.78, 5) is 0. The van der Waals surface area contributed by atoms with E-state index in [1.807, 2.05) is 30.3 Å². The Morgan fingerprint density at radius 1 is 1.38 bits per heavy atom. The number of H-pyrrole nitrogens is 1. The highest BCUT2D eigenvalue weighted by Crippen LogP contribution is 2.23. The van der Waals surface area contributed by atoms with Crippen LogP contribution in [0.2, 0.25) is 0 Å². The Labute approximate surface area is 142 Å². The molecule has 1 aromatic heterocycles. The smallest absolute Gasteiger partial charge is 0.280 e. The van der Waals surface area contributed by atoms with Gasteiger partial charge in [-0.1, -0.05) is 30.3 Å². The number of methoxy groups -OCH3 is 1. The summed E-state index contributed by atoms with van der Waals surface area (Å²) in [5.41, 5.74) is 2.61. The lowest BCUT2D eigenvalue weighted by molar-refractivity contribution is 0.148. The molecule has 24 heavy (non-hydrogen) atoms. The highest BCUT2D eigenvalue weighted by Gasteiger charge is 2.34. The topological polar surface area (TPSA) is 87.3 Å². The maximum absolute atomic E-state index is 12.6. The lowest BCUT2D eigenvalue weighted by Gasteiger charge is -2.23. The number of rotatable bonds is 7. The summed E-state index contributed by atoms with van der Waals surface area (Å²) in [6.07, 6.45) is 3.34. The zero-order valence-corrected chi connectivity index (χ0v) is 14.4. The van der Waals surface area contributed by atoms with Crippen molar-refractivity contribution in [2.45, 2.75) is 25.4 Å². The maximum Gasteiger partial charge on any atom is 0.280 e. The molecule has 0 bridgehead atoms. The first-order chi connectivity index (χ1) is 11.6. The summed E-state index contributed by atoms with van der Waals surface area (Å²) in [7, 11) is -1.95. The third kappa shape index (κ3) is 3.67.